The molecule has 0 amide bonds. The van der Waals surface area contributed by atoms with E-state index in [4.69, 9.17) is 20.4 Å². The molecule has 1 rings (SSSR count). The predicted octanol–water partition coefficient (Wildman–Crippen LogP) is 1.70. The molecule has 0 aromatic heterocycles. The van der Waals surface area contributed by atoms with Gasteiger partial charge in [-0.25, -0.2) is 4.79 Å². The van der Waals surface area contributed by atoms with Crippen LogP contribution in [-0.4, -0.2) is 41.4 Å². The Hall–Kier alpha value is -2.19. The minimum atomic E-state index is -4.78. The van der Waals surface area contributed by atoms with Crippen LogP contribution in [0, 0.1) is 0 Å². The van der Waals surface area contributed by atoms with E-state index in [-0.39, 0.29) is 24.4 Å². The fourth-order valence-electron chi connectivity index (χ4n) is 1.87. The van der Waals surface area contributed by atoms with Gasteiger partial charge in [-0.1, -0.05) is 6.07 Å². The average molecular weight is 399 g/mol. The van der Waals surface area contributed by atoms with Gasteiger partial charge < -0.3 is 20.5 Å². The highest BCUT2D eigenvalue weighted by Crippen LogP contribution is 2.46. The summed E-state index contributed by atoms with van der Waals surface area (Å²) in [5, 5.41) is 8.47. The van der Waals surface area contributed by atoms with Crippen molar-refractivity contribution in [1.29, 1.82) is 0 Å². The summed E-state index contributed by atoms with van der Waals surface area (Å²) in [6.07, 6.45) is -4.74. The van der Waals surface area contributed by atoms with Crippen molar-refractivity contribution >= 4 is 19.5 Å². The highest BCUT2D eigenvalue weighted by atomic mass is 31.2. The third kappa shape index (κ3) is 9.33. The molecule has 0 aliphatic heterocycles. The van der Waals surface area contributed by atoms with Crippen molar-refractivity contribution in [2.24, 2.45) is 5.73 Å². The minimum absolute atomic E-state index is 0.0165. The average Bonchev–Trinajstić information content (AvgIpc) is 2.51. The third-order valence-corrected chi connectivity index (χ3v) is 4.72. The Morgan fingerprint density at radius 2 is 1.88 bits per heavy atom. The Bertz CT molecular complexity index is 688. The first-order chi connectivity index (χ1) is 12.0. The van der Waals surface area contributed by atoms with Crippen LogP contribution in [0.15, 0.2) is 18.2 Å². The highest BCUT2D eigenvalue weighted by molar-refractivity contribution is 7.57. The number of ether oxygens (including phenoxy) is 1. The minimum Gasteiger partial charge on any atom is -0.481 e. The van der Waals surface area contributed by atoms with E-state index >= 15 is 0 Å². The van der Waals surface area contributed by atoms with E-state index in [1.165, 1.54) is 6.07 Å². The van der Waals surface area contributed by atoms with Gasteiger partial charge in [-0.3, -0.25) is 4.57 Å². The third-order valence-electron chi connectivity index (χ3n) is 2.84. The van der Waals surface area contributed by atoms with Crippen molar-refractivity contribution < 1.29 is 46.9 Å². The second kappa shape index (κ2) is 10.7. The van der Waals surface area contributed by atoms with Crippen LogP contribution in [0.1, 0.15) is 17.5 Å². The molecular weight excluding hydrogens is 382 g/mol. The van der Waals surface area contributed by atoms with Crippen molar-refractivity contribution in [3.8, 4) is 5.75 Å². The maximum atomic E-state index is 13.0. The lowest BCUT2D eigenvalue weighted by Crippen LogP contribution is -2.14. The zero-order valence-electron chi connectivity index (χ0n) is 13.4. The molecule has 0 spiro atoms. The lowest BCUT2D eigenvalue weighted by molar-refractivity contribution is -0.191. The lowest BCUT2D eigenvalue weighted by atomic mass is 10.1. The van der Waals surface area contributed by atoms with Crippen LogP contribution in [0.3, 0.4) is 0 Å². The van der Waals surface area contributed by atoms with E-state index in [1.54, 1.807) is 0 Å². The van der Waals surface area contributed by atoms with Gasteiger partial charge in [0.25, 0.3) is 0 Å². The maximum absolute atomic E-state index is 13.0. The number of nitrogens with two attached hydrogens (primary N) is 1. The molecular formula is C14H17F3NO7P. The molecule has 0 fully saturated rings. The summed E-state index contributed by atoms with van der Waals surface area (Å²) in [6.45, 7) is -0.711. The van der Waals surface area contributed by atoms with Crippen LogP contribution in [0.5, 0.6) is 5.75 Å². The summed E-state index contributed by atoms with van der Waals surface area (Å²) in [6, 6.07) is 2.85. The standard InChI is InChI=1S/C13H17F3NO5P.CO2/c14-13(15,16)10-6-9(8-23(20,21)5-1-4-17)2-3-11(10)22-7-12(18)19;2-1-3/h2-3,6H,1,4-5,7-8,17H2,(H,18,19)(H,20,21);. The van der Waals surface area contributed by atoms with Gasteiger partial charge in [-0.2, -0.15) is 22.8 Å². The summed E-state index contributed by atoms with van der Waals surface area (Å²) < 4.78 is 55.6. The Kier molecular flexibility index (Phi) is 9.82. The molecule has 0 aliphatic carbocycles. The number of carboxylic acids is 1. The number of alkyl halides is 3. The van der Waals surface area contributed by atoms with E-state index in [9.17, 15) is 27.4 Å². The monoisotopic (exact) mass is 399 g/mol. The fourth-order valence-corrected chi connectivity index (χ4v) is 3.47. The van der Waals surface area contributed by atoms with Gasteiger partial charge in [0.15, 0.2) is 6.61 Å². The first-order valence-electron chi connectivity index (χ1n) is 7.01. The van der Waals surface area contributed by atoms with Crippen LogP contribution in [0.25, 0.3) is 0 Å². The fraction of sp³-hybridized carbons (Fsp3) is 0.429. The first-order valence-corrected chi connectivity index (χ1v) is 9.04. The smallest absolute Gasteiger partial charge is 0.419 e. The Morgan fingerprint density at radius 1 is 1.31 bits per heavy atom. The van der Waals surface area contributed by atoms with E-state index in [1.807, 2.05) is 0 Å². The van der Waals surface area contributed by atoms with Crippen LogP contribution in [0.4, 0.5) is 13.2 Å². The molecule has 1 aromatic rings. The lowest BCUT2D eigenvalue weighted by Gasteiger charge is -2.16. The zero-order chi connectivity index (χ0) is 20.4. The maximum Gasteiger partial charge on any atom is 0.419 e. The van der Waals surface area contributed by atoms with Crippen molar-refractivity contribution in [3.63, 3.8) is 0 Å². The molecule has 12 heteroatoms. The van der Waals surface area contributed by atoms with Gasteiger partial charge in [-0.05, 0) is 30.7 Å². The molecule has 26 heavy (non-hydrogen) atoms. The van der Waals surface area contributed by atoms with Gasteiger partial charge >= 0.3 is 18.3 Å². The number of hydrogen-bond donors (Lipinski definition) is 3. The van der Waals surface area contributed by atoms with Crippen LogP contribution in [-0.2, 0) is 31.3 Å². The van der Waals surface area contributed by atoms with E-state index in [0.29, 0.717) is 12.5 Å². The second-order valence-electron chi connectivity index (χ2n) is 4.96. The van der Waals surface area contributed by atoms with Gasteiger partial charge in [0.05, 0.1) is 5.56 Å². The topological polar surface area (TPSA) is 144 Å². The molecule has 4 N–H and O–H groups in total. The Balaban J connectivity index is 0.00000194. The first kappa shape index (κ1) is 23.8. The number of carbonyl (C=O) groups is 1. The number of benzene rings is 1. The number of rotatable bonds is 8. The normalized spacial score (nSPS) is 13.0. The summed E-state index contributed by atoms with van der Waals surface area (Å²) in [7, 11) is -3.63. The molecule has 8 nitrogen and oxygen atoms in total. The molecule has 0 radical (unpaired) electrons. The van der Waals surface area contributed by atoms with Gasteiger partial charge in [0.1, 0.15) is 5.75 Å². The highest BCUT2D eigenvalue weighted by Gasteiger charge is 2.35. The summed E-state index contributed by atoms with van der Waals surface area (Å²) in [5.74, 6) is -2.05. The second-order valence-corrected chi connectivity index (χ2v) is 7.42. The largest absolute Gasteiger partial charge is 0.481 e. The number of halogens is 3. The van der Waals surface area contributed by atoms with Crippen LogP contribution < -0.4 is 10.5 Å². The summed E-state index contributed by atoms with van der Waals surface area (Å²) in [4.78, 5) is 36.4. The predicted molar refractivity (Wildman–Crippen MR) is 81.6 cm³/mol. The quantitative estimate of drug-likeness (QED) is 0.561. The summed E-state index contributed by atoms with van der Waals surface area (Å²) in [5.41, 5.74) is 4.07. The zero-order valence-corrected chi connectivity index (χ0v) is 14.3. The molecule has 146 valence electrons. The SMILES string of the molecule is NCCCP(=O)(O)Cc1ccc(OCC(=O)O)c(C(F)(F)F)c1.O=C=O. The van der Waals surface area contributed by atoms with Crippen molar-refractivity contribution in [3.05, 3.63) is 29.3 Å². The van der Waals surface area contributed by atoms with E-state index < -0.39 is 43.6 Å². The van der Waals surface area contributed by atoms with Crippen molar-refractivity contribution in [1.82, 2.24) is 0 Å². The molecule has 1 unspecified atom stereocenters. The molecule has 0 saturated heterocycles. The van der Waals surface area contributed by atoms with Crippen molar-refractivity contribution in [2.75, 3.05) is 19.3 Å². The van der Waals surface area contributed by atoms with Crippen LogP contribution in [0.2, 0.25) is 0 Å². The molecule has 0 saturated carbocycles. The van der Waals surface area contributed by atoms with E-state index in [2.05, 4.69) is 4.74 Å². The number of aliphatic carboxylic acids is 1. The van der Waals surface area contributed by atoms with Gasteiger partial charge in [-0.15, -0.1) is 0 Å². The summed E-state index contributed by atoms with van der Waals surface area (Å²) >= 11 is 0. The Morgan fingerprint density at radius 3 is 2.35 bits per heavy atom. The van der Waals surface area contributed by atoms with E-state index in [0.717, 1.165) is 6.07 Å². The Labute approximate surface area is 146 Å². The van der Waals surface area contributed by atoms with Crippen molar-refractivity contribution in [2.45, 2.75) is 18.8 Å². The van der Waals surface area contributed by atoms with Gasteiger partial charge in [0, 0.05) is 12.3 Å². The number of carboxylic acid groups (broad SMARTS) is 1. The molecule has 0 heterocycles. The molecule has 0 bridgehead atoms. The molecule has 0 aliphatic rings. The number of hydrogen-bond acceptors (Lipinski definition) is 6. The number of carbonyl (C=O) groups excluding carboxylic acids is 2. The molecule has 1 atom stereocenters. The van der Waals surface area contributed by atoms with Gasteiger partial charge in [0.2, 0.25) is 7.37 Å². The molecule has 1 aromatic carbocycles. The van der Waals surface area contributed by atoms with Crippen LogP contribution >= 0.6 is 7.37 Å².